The highest BCUT2D eigenvalue weighted by atomic mass is 19.4. The van der Waals surface area contributed by atoms with Crippen molar-refractivity contribution < 1.29 is 27.4 Å². The molecule has 2 N–H and O–H groups in total. The summed E-state index contributed by atoms with van der Waals surface area (Å²) in [4.78, 5) is 12.1. The lowest BCUT2D eigenvalue weighted by atomic mass is 10.1. The predicted molar refractivity (Wildman–Crippen MR) is 95.9 cm³/mol. The van der Waals surface area contributed by atoms with Gasteiger partial charge in [0.05, 0.1) is 7.11 Å². The van der Waals surface area contributed by atoms with Crippen LogP contribution < -0.4 is 20.1 Å². The molecule has 5 nitrogen and oxygen atoms in total. The van der Waals surface area contributed by atoms with Gasteiger partial charge in [-0.3, -0.25) is 4.79 Å². The van der Waals surface area contributed by atoms with Crippen LogP contribution in [0.25, 0.3) is 0 Å². The molecule has 0 aliphatic carbocycles. The Balaban J connectivity index is 1.77. The molecule has 0 aliphatic heterocycles. The molecule has 0 radical (unpaired) electrons. The van der Waals surface area contributed by atoms with Crippen LogP contribution in [-0.4, -0.2) is 32.0 Å². The second-order valence-electron chi connectivity index (χ2n) is 5.83. The van der Waals surface area contributed by atoms with Crippen molar-refractivity contribution >= 4 is 11.6 Å². The predicted octanol–water partition coefficient (Wildman–Crippen LogP) is 3.75. The van der Waals surface area contributed by atoms with Gasteiger partial charge >= 0.3 is 6.36 Å². The van der Waals surface area contributed by atoms with E-state index in [1.807, 2.05) is 24.3 Å². The Morgan fingerprint density at radius 1 is 1.04 bits per heavy atom. The second-order valence-corrected chi connectivity index (χ2v) is 5.83. The van der Waals surface area contributed by atoms with E-state index in [2.05, 4.69) is 15.4 Å². The molecule has 8 heteroatoms. The van der Waals surface area contributed by atoms with Crippen LogP contribution in [0.3, 0.4) is 0 Å². The van der Waals surface area contributed by atoms with Gasteiger partial charge in [-0.05, 0) is 55.3 Å². The Morgan fingerprint density at radius 2 is 1.63 bits per heavy atom. The summed E-state index contributed by atoms with van der Waals surface area (Å²) < 4.78 is 45.3. The van der Waals surface area contributed by atoms with Crippen LogP contribution >= 0.6 is 0 Å². The van der Waals surface area contributed by atoms with Gasteiger partial charge in [-0.2, -0.15) is 0 Å². The van der Waals surface area contributed by atoms with Gasteiger partial charge in [-0.15, -0.1) is 13.2 Å². The number of rotatable bonds is 8. The van der Waals surface area contributed by atoms with Crippen molar-refractivity contribution in [3.8, 4) is 11.5 Å². The molecule has 0 spiro atoms. The van der Waals surface area contributed by atoms with Crippen LogP contribution in [0, 0.1) is 0 Å². The topological polar surface area (TPSA) is 59.6 Å². The normalized spacial score (nSPS) is 12.2. The molecule has 0 saturated heterocycles. The Morgan fingerprint density at radius 3 is 2.19 bits per heavy atom. The molecule has 27 heavy (non-hydrogen) atoms. The number of hydrogen-bond donors (Lipinski definition) is 2. The van der Waals surface area contributed by atoms with E-state index in [9.17, 15) is 18.0 Å². The van der Waals surface area contributed by atoms with Crippen molar-refractivity contribution in [3.63, 3.8) is 0 Å². The molecule has 0 bridgehead atoms. The van der Waals surface area contributed by atoms with Gasteiger partial charge < -0.3 is 20.1 Å². The van der Waals surface area contributed by atoms with E-state index in [0.717, 1.165) is 11.3 Å². The van der Waals surface area contributed by atoms with E-state index in [4.69, 9.17) is 4.74 Å². The second kappa shape index (κ2) is 9.16. The SMILES string of the molecule is COc1ccc(CCNC(=O)[C@@H](C)Nc2ccc(OC(F)(F)F)cc2)cc1. The highest BCUT2D eigenvalue weighted by Gasteiger charge is 2.30. The van der Waals surface area contributed by atoms with Gasteiger partial charge in [0.15, 0.2) is 0 Å². The minimum absolute atomic E-state index is 0.209. The average molecular weight is 382 g/mol. The van der Waals surface area contributed by atoms with Crippen molar-refractivity contribution in [1.29, 1.82) is 0 Å². The highest BCUT2D eigenvalue weighted by molar-refractivity contribution is 5.84. The fourth-order valence-corrected chi connectivity index (χ4v) is 2.34. The smallest absolute Gasteiger partial charge is 0.497 e. The molecular weight excluding hydrogens is 361 g/mol. The van der Waals surface area contributed by atoms with Crippen molar-refractivity contribution in [2.45, 2.75) is 25.7 Å². The highest BCUT2D eigenvalue weighted by Crippen LogP contribution is 2.24. The van der Waals surface area contributed by atoms with Crippen LogP contribution in [0.5, 0.6) is 11.5 Å². The maximum atomic E-state index is 12.1. The van der Waals surface area contributed by atoms with Crippen LogP contribution in [0.4, 0.5) is 18.9 Å². The van der Waals surface area contributed by atoms with Crippen molar-refractivity contribution in [1.82, 2.24) is 5.32 Å². The van der Waals surface area contributed by atoms with E-state index in [-0.39, 0.29) is 11.7 Å². The first-order valence-electron chi connectivity index (χ1n) is 8.30. The molecule has 0 aliphatic rings. The third kappa shape index (κ3) is 7.08. The molecule has 0 heterocycles. The summed E-state index contributed by atoms with van der Waals surface area (Å²) in [7, 11) is 1.60. The molecule has 0 saturated carbocycles. The van der Waals surface area contributed by atoms with Crippen molar-refractivity contribution in [3.05, 3.63) is 54.1 Å². The molecule has 2 aromatic rings. The largest absolute Gasteiger partial charge is 0.573 e. The van der Waals surface area contributed by atoms with Crippen LogP contribution in [0.1, 0.15) is 12.5 Å². The van der Waals surface area contributed by atoms with Gasteiger partial charge in [0, 0.05) is 12.2 Å². The van der Waals surface area contributed by atoms with Gasteiger partial charge in [0.25, 0.3) is 0 Å². The number of methoxy groups -OCH3 is 1. The summed E-state index contributed by atoms with van der Waals surface area (Å²) in [6.45, 7) is 2.14. The third-order valence-electron chi connectivity index (χ3n) is 3.74. The van der Waals surface area contributed by atoms with Crippen LogP contribution in [0.2, 0.25) is 0 Å². The van der Waals surface area contributed by atoms with E-state index >= 15 is 0 Å². The Kier molecular flexibility index (Phi) is 6.92. The zero-order valence-corrected chi connectivity index (χ0v) is 15.0. The van der Waals surface area contributed by atoms with E-state index in [1.165, 1.54) is 24.3 Å². The molecule has 2 rings (SSSR count). The number of carbonyl (C=O) groups excluding carboxylic acids is 1. The average Bonchev–Trinajstić information content (AvgIpc) is 2.62. The number of benzene rings is 2. The Labute approximate surface area is 155 Å². The molecule has 0 aromatic heterocycles. The summed E-state index contributed by atoms with van der Waals surface area (Å²) in [5.41, 5.74) is 1.58. The fraction of sp³-hybridized carbons (Fsp3) is 0.316. The fourth-order valence-electron chi connectivity index (χ4n) is 2.34. The van der Waals surface area contributed by atoms with Crippen LogP contribution in [-0.2, 0) is 11.2 Å². The van der Waals surface area contributed by atoms with Gasteiger partial charge in [0.1, 0.15) is 17.5 Å². The summed E-state index contributed by atoms with van der Waals surface area (Å²) in [6, 6.07) is 12.2. The zero-order valence-electron chi connectivity index (χ0n) is 15.0. The molecule has 1 atom stereocenters. The molecule has 0 fully saturated rings. The number of ether oxygens (including phenoxy) is 2. The summed E-state index contributed by atoms with van der Waals surface area (Å²) in [6.07, 6.45) is -4.06. The summed E-state index contributed by atoms with van der Waals surface area (Å²) >= 11 is 0. The molecule has 2 aromatic carbocycles. The number of halogens is 3. The zero-order chi connectivity index (χ0) is 19.9. The van der Waals surface area contributed by atoms with Crippen LogP contribution in [0.15, 0.2) is 48.5 Å². The molecular formula is C19H21F3N2O3. The lowest BCUT2D eigenvalue weighted by molar-refractivity contribution is -0.274. The number of nitrogens with one attached hydrogen (secondary N) is 2. The minimum Gasteiger partial charge on any atom is -0.497 e. The van der Waals surface area contributed by atoms with Gasteiger partial charge in [0.2, 0.25) is 5.91 Å². The van der Waals surface area contributed by atoms with E-state index in [1.54, 1.807) is 14.0 Å². The standard InChI is InChI=1S/C19H21F3N2O3/c1-13(24-15-5-9-17(10-6-15)27-19(20,21)22)18(25)23-12-11-14-3-7-16(26-2)8-4-14/h3-10,13,24H,11-12H2,1-2H3,(H,23,25)/t13-/m1/s1. The quantitative estimate of drug-likeness (QED) is 0.730. The first-order chi connectivity index (χ1) is 12.8. The third-order valence-corrected chi connectivity index (χ3v) is 3.74. The number of anilines is 1. The maximum Gasteiger partial charge on any atom is 0.573 e. The van der Waals surface area contributed by atoms with E-state index in [0.29, 0.717) is 18.7 Å². The first kappa shape index (κ1) is 20.4. The maximum absolute atomic E-state index is 12.1. The molecule has 0 unspecified atom stereocenters. The summed E-state index contributed by atoms with van der Waals surface area (Å²) in [5, 5.41) is 5.75. The van der Waals surface area contributed by atoms with Crippen molar-refractivity contribution in [2.75, 3.05) is 19.0 Å². The lowest BCUT2D eigenvalue weighted by Crippen LogP contribution is -2.38. The van der Waals surface area contributed by atoms with E-state index < -0.39 is 12.4 Å². The Hall–Kier alpha value is -2.90. The lowest BCUT2D eigenvalue weighted by Gasteiger charge is -2.16. The monoisotopic (exact) mass is 382 g/mol. The molecule has 1 amide bonds. The van der Waals surface area contributed by atoms with Gasteiger partial charge in [-0.25, -0.2) is 0 Å². The number of hydrogen-bond acceptors (Lipinski definition) is 4. The van der Waals surface area contributed by atoms with Crippen molar-refractivity contribution in [2.24, 2.45) is 0 Å². The number of alkyl halides is 3. The summed E-state index contributed by atoms with van der Waals surface area (Å²) in [5.74, 6) is 0.246. The van der Waals surface area contributed by atoms with Gasteiger partial charge in [-0.1, -0.05) is 12.1 Å². The molecule has 146 valence electrons. The Bertz CT molecular complexity index is 731. The first-order valence-corrected chi connectivity index (χ1v) is 8.30. The number of carbonyl (C=O) groups is 1. The minimum atomic E-state index is -4.73. The number of amides is 1.